The van der Waals surface area contributed by atoms with E-state index in [1.54, 1.807) is 0 Å². The molecule has 1 heterocycles. The summed E-state index contributed by atoms with van der Waals surface area (Å²) in [5.74, 6) is 1.94. The molecule has 5 nitrogen and oxygen atoms in total. The summed E-state index contributed by atoms with van der Waals surface area (Å²) in [4.78, 5) is 13.9. The second kappa shape index (κ2) is 11.9. The Morgan fingerprint density at radius 3 is 2.19 bits per heavy atom. The van der Waals surface area contributed by atoms with Crippen molar-refractivity contribution in [3.8, 4) is 11.5 Å². The van der Waals surface area contributed by atoms with Gasteiger partial charge in [0.1, 0.15) is 11.5 Å². The van der Waals surface area contributed by atoms with E-state index in [2.05, 4.69) is 41.4 Å². The first kappa shape index (κ1) is 27.7. The van der Waals surface area contributed by atoms with Gasteiger partial charge in [0, 0.05) is 10.8 Å². The lowest BCUT2D eigenvalue weighted by Gasteiger charge is -2.20. The van der Waals surface area contributed by atoms with Gasteiger partial charge in [-0.2, -0.15) is 0 Å². The van der Waals surface area contributed by atoms with E-state index in [1.807, 2.05) is 70.2 Å². The smallest absolute Gasteiger partial charge is 0.245 e. The number of rotatable bonds is 10. The van der Waals surface area contributed by atoms with Gasteiger partial charge in [-0.3, -0.25) is 4.79 Å². The van der Waals surface area contributed by atoms with Crippen LogP contribution in [0.5, 0.6) is 11.5 Å². The summed E-state index contributed by atoms with van der Waals surface area (Å²) in [6.45, 7) is 13.6. The number of hydrogen-bond acceptors (Lipinski definition) is 3. The van der Waals surface area contributed by atoms with E-state index in [-0.39, 0.29) is 41.5 Å². The van der Waals surface area contributed by atoms with Crippen LogP contribution in [-0.2, 0) is 13.1 Å². The van der Waals surface area contributed by atoms with Crippen LogP contribution in [0.25, 0.3) is 21.8 Å². The highest BCUT2D eigenvalue weighted by atomic mass is 79.9. The normalized spacial score (nSPS) is 11.5. The molecule has 6 heteroatoms. The zero-order valence-electron chi connectivity index (χ0n) is 22.1. The fourth-order valence-corrected chi connectivity index (χ4v) is 4.42. The standard InChI is InChI=1S/C30H37N2O3.BrH/c1-20(2)15-16-31-19-32(27-14-10-9-13-26(27)31)18-28(33)25-17-29(34-21(3)4)23-11-7-8-12-24(23)30(25)35-22(5)6;/h7-14,17,19-22H,15-16,18H2,1-6H3;1H/q+1;/p-1. The van der Waals surface area contributed by atoms with Gasteiger partial charge in [-0.15, -0.1) is 0 Å². The minimum atomic E-state index is -0.0626. The molecule has 4 rings (SSSR count). The molecule has 192 valence electrons. The van der Waals surface area contributed by atoms with Crippen LogP contribution in [0.15, 0.2) is 60.9 Å². The van der Waals surface area contributed by atoms with E-state index in [9.17, 15) is 4.79 Å². The Kier molecular flexibility index (Phi) is 9.18. The lowest BCUT2D eigenvalue weighted by atomic mass is 10.0. The summed E-state index contributed by atoms with van der Waals surface area (Å²) < 4.78 is 16.7. The van der Waals surface area contributed by atoms with E-state index in [1.165, 1.54) is 0 Å². The summed E-state index contributed by atoms with van der Waals surface area (Å²) in [7, 11) is 0. The van der Waals surface area contributed by atoms with Gasteiger partial charge >= 0.3 is 0 Å². The van der Waals surface area contributed by atoms with Crippen molar-refractivity contribution in [2.24, 2.45) is 5.92 Å². The van der Waals surface area contributed by atoms with Crippen LogP contribution in [0.1, 0.15) is 58.3 Å². The van der Waals surface area contributed by atoms with Crippen LogP contribution in [0.2, 0.25) is 0 Å². The van der Waals surface area contributed by atoms with Gasteiger partial charge in [0.05, 0.1) is 24.3 Å². The molecule has 0 fully saturated rings. The number of carbonyl (C=O) groups excluding carboxylic acids is 1. The second-order valence-electron chi connectivity index (χ2n) is 10.2. The lowest BCUT2D eigenvalue weighted by Crippen LogP contribution is -3.00. The van der Waals surface area contributed by atoms with Gasteiger partial charge in [0.15, 0.2) is 17.6 Å². The van der Waals surface area contributed by atoms with Crippen LogP contribution >= 0.6 is 0 Å². The molecule has 0 saturated heterocycles. The number of ether oxygens (including phenoxy) is 2. The van der Waals surface area contributed by atoms with Gasteiger partial charge < -0.3 is 26.5 Å². The van der Waals surface area contributed by atoms with Crippen molar-refractivity contribution in [1.82, 2.24) is 4.57 Å². The first-order valence-electron chi connectivity index (χ1n) is 12.6. The quantitative estimate of drug-likeness (QED) is 0.223. The molecule has 4 aromatic rings. The zero-order valence-corrected chi connectivity index (χ0v) is 23.7. The highest BCUT2D eigenvalue weighted by molar-refractivity contribution is 6.06. The third-order valence-corrected chi connectivity index (χ3v) is 6.01. The zero-order chi connectivity index (χ0) is 25.1. The fraction of sp³-hybridized carbons (Fsp3) is 0.400. The summed E-state index contributed by atoms with van der Waals surface area (Å²) in [6, 6.07) is 18.1. The molecule has 0 aliphatic heterocycles. The van der Waals surface area contributed by atoms with Crippen molar-refractivity contribution in [2.45, 2.75) is 73.3 Å². The predicted octanol–water partition coefficient (Wildman–Crippen LogP) is 3.59. The Balaban J connectivity index is 0.00000361. The maximum atomic E-state index is 13.9. The highest BCUT2D eigenvalue weighted by Gasteiger charge is 2.24. The fourth-order valence-electron chi connectivity index (χ4n) is 4.42. The number of fused-ring (bicyclic) bond motifs is 2. The molecular weight excluding hydrogens is 516 g/mol. The predicted molar refractivity (Wildman–Crippen MR) is 141 cm³/mol. The molecule has 0 N–H and O–H groups in total. The summed E-state index contributed by atoms with van der Waals surface area (Å²) in [5.41, 5.74) is 2.75. The van der Waals surface area contributed by atoms with Crippen molar-refractivity contribution in [1.29, 1.82) is 0 Å². The monoisotopic (exact) mass is 552 g/mol. The van der Waals surface area contributed by atoms with Gasteiger partial charge in [0.2, 0.25) is 12.1 Å². The van der Waals surface area contributed by atoms with E-state index in [0.29, 0.717) is 23.0 Å². The minimum Gasteiger partial charge on any atom is -1.00 e. The number of aryl methyl sites for hydroxylation is 1. The molecule has 0 radical (unpaired) electrons. The SMILES string of the molecule is CC(C)CCn1c[n+](CC(=O)c2cc(OC(C)C)c3ccccc3c2OC(C)C)c2ccccc21.[Br-]. The van der Waals surface area contributed by atoms with Crippen molar-refractivity contribution >= 4 is 27.6 Å². The number of aromatic nitrogens is 2. The maximum Gasteiger partial charge on any atom is 0.245 e. The summed E-state index contributed by atoms with van der Waals surface area (Å²) in [6.07, 6.45) is 3.08. The number of carbonyl (C=O) groups is 1. The molecule has 1 aromatic heterocycles. The minimum absolute atomic E-state index is 0. The molecular formula is C30H37BrN2O3. The molecule has 0 spiro atoms. The van der Waals surface area contributed by atoms with Crippen LogP contribution < -0.4 is 31.0 Å². The van der Waals surface area contributed by atoms with E-state index < -0.39 is 0 Å². The Labute approximate surface area is 224 Å². The van der Waals surface area contributed by atoms with Crippen molar-refractivity contribution in [2.75, 3.05) is 0 Å². The molecule has 0 saturated carbocycles. The van der Waals surface area contributed by atoms with E-state index in [0.717, 1.165) is 34.8 Å². The molecule has 36 heavy (non-hydrogen) atoms. The number of para-hydroxylation sites is 2. The average Bonchev–Trinajstić information content (AvgIpc) is 3.16. The molecule has 0 aliphatic carbocycles. The second-order valence-corrected chi connectivity index (χ2v) is 10.2. The lowest BCUT2D eigenvalue weighted by molar-refractivity contribution is -0.658. The first-order valence-corrected chi connectivity index (χ1v) is 12.6. The van der Waals surface area contributed by atoms with Gasteiger partial charge in [-0.1, -0.05) is 50.2 Å². The number of ketones is 1. The van der Waals surface area contributed by atoms with E-state index in [4.69, 9.17) is 9.47 Å². The Morgan fingerprint density at radius 1 is 0.889 bits per heavy atom. The topological polar surface area (TPSA) is 44.3 Å². The molecule has 0 bridgehead atoms. The number of benzene rings is 3. The van der Waals surface area contributed by atoms with Crippen molar-refractivity contribution in [3.05, 3.63) is 66.5 Å². The Bertz CT molecular complexity index is 1340. The number of hydrogen-bond donors (Lipinski definition) is 0. The van der Waals surface area contributed by atoms with Gasteiger partial charge in [-0.05, 0) is 58.2 Å². The summed E-state index contributed by atoms with van der Waals surface area (Å²) in [5, 5.41) is 1.85. The number of Topliss-reactive ketones (excluding diaryl/α,β-unsaturated/α-hetero) is 1. The third-order valence-electron chi connectivity index (χ3n) is 6.01. The first-order chi connectivity index (χ1) is 16.7. The average molecular weight is 554 g/mol. The van der Waals surface area contributed by atoms with Crippen molar-refractivity contribution < 1.29 is 35.8 Å². The largest absolute Gasteiger partial charge is 1.00 e. The summed E-state index contributed by atoms with van der Waals surface area (Å²) >= 11 is 0. The maximum absolute atomic E-state index is 13.9. The molecule has 3 aromatic carbocycles. The van der Waals surface area contributed by atoms with Crippen LogP contribution in [-0.4, -0.2) is 22.6 Å². The van der Waals surface area contributed by atoms with Crippen LogP contribution in [0, 0.1) is 5.92 Å². The highest BCUT2D eigenvalue weighted by Crippen LogP contribution is 2.38. The number of nitrogens with zero attached hydrogens (tertiary/aromatic N) is 2. The molecule has 0 amide bonds. The molecule has 0 aliphatic rings. The third kappa shape index (κ3) is 6.09. The number of imidazole rings is 1. The Morgan fingerprint density at radius 2 is 1.53 bits per heavy atom. The van der Waals surface area contributed by atoms with Crippen molar-refractivity contribution in [3.63, 3.8) is 0 Å². The number of halogens is 1. The van der Waals surface area contributed by atoms with Gasteiger partial charge in [-0.25, -0.2) is 9.13 Å². The molecule has 0 atom stereocenters. The van der Waals surface area contributed by atoms with Crippen LogP contribution in [0.4, 0.5) is 0 Å². The van der Waals surface area contributed by atoms with Crippen LogP contribution in [0.3, 0.4) is 0 Å². The molecule has 0 unspecified atom stereocenters. The Hall–Kier alpha value is -2.86. The van der Waals surface area contributed by atoms with E-state index >= 15 is 0 Å². The van der Waals surface area contributed by atoms with Gasteiger partial charge in [0.25, 0.3) is 0 Å².